The Morgan fingerprint density at radius 3 is 2.73 bits per heavy atom. The van der Waals surface area contributed by atoms with E-state index in [0.717, 1.165) is 15.2 Å². The number of hydrogen-bond donors (Lipinski definition) is 1. The molecule has 0 radical (unpaired) electrons. The van der Waals surface area contributed by atoms with Gasteiger partial charge in [0, 0.05) is 14.7 Å². The third kappa shape index (κ3) is 2.30. The Morgan fingerprint density at radius 2 is 2.27 bits per heavy atom. The third-order valence-electron chi connectivity index (χ3n) is 2.13. The molecule has 2 aromatic rings. The summed E-state index contributed by atoms with van der Waals surface area (Å²) >= 11 is 6.99. The fourth-order valence-electron chi connectivity index (χ4n) is 1.44. The molecule has 0 saturated heterocycles. The highest BCUT2D eigenvalue weighted by molar-refractivity contribution is 9.10. The van der Waals surface area contributed by atoms with Crippen LogP contribution in [0.15, 0.2) is 21.3 Å². The van der Waals surface area contributed by atoms with E-state index in [2.05, 4.69) is 43.1 Å². The van der Waals surface area contributed by atoms with E-state index < -0.39 is 0 Å². The summed E-state index contributed by atoms with van der Waals surface area (Å²) in [6, 6.07) is 2.27. The monoisotopic (exact) mass is 302 g/mol. The van der Waals surface area contributed by atoms with Crippen LogP contribution in [0, 0.1) is 6.92 Å². The van der Waals surface area contributed by atoms with Crippen LogP contribution in [-0.4, -0.2) is 12.0 Å². The number of rotatable bonds is 3. The molecule has 0 aliphatic carbocycles. The quantitative estimate of drug-likeness (QED) is 0.937. The van der Waals surface area contributed by atoms with Crippen LogP contribution in [0.1, 0.15) is 21.6 Å². The molecule has 1 atom stereocenters. The predicted molar refractivity (Wildman–Crippen MR) is 69.8 cm³/mol. The zero-order chi connectivity index (χ0) is 10.8. The Balaban J connectivity index is 2.36. The first-order valence-electron chi connectivity index (χ1n) is 4.54. The van der Waals surface area contributed by atoms with Crippen molar-refractivity contribution in [3.05, 3.63) is 36.9 Å². The maximum Gasteiger partial charge on any atom is 0.0898 e. The maximum absolute atomic E-state index is 4.52. The zero-order valence-electron chi connectivity index (χ0n) is 8.45. The lowest BCUT2D eigenvalue weighted by molar-refractivity contribution is 0.683. The topological polar surface area (TPSA) is 24.9 Å². The van der Waals surface area contributed by atoms with Gasteiger partial charge in [-0.25, -0.2) is 4.98 Å². The second-order valence-electron chi connectivity index (χ2n) is 3.15. The van der Waals surface area contributed by atoms with E-state index in [-0.39, 0.29) is 6.04 Å². The molecular formula is C10H11BrN2S2. The van der Waals surface area contributed by atoms with Gasteiger partial charge in [0.05, 0.1) is 16.7 Å². The van der Waals surface area contributed by atoms with Crippen LogP contribution in [0.3, 0.4) is 0 Å². The molecule has 1 N–H and O–H groups in total. The van der Waals surface area contributed by atoms with Gasteiger partial charge in [-0.15, -0.1) is 22.7 Å². The molecule has 0 amide bonds. The zero-order valence-corrected chi connectivity index (χ0v) is 11.7. The molecule has 15 heavy (non-hydrogen) atoms. The molecular weight excluding hydrogens is 292 g/mol. The van der Waals surface area contributed by atoms with Crippen molar-refractivity contribution in [1.29, 1.82) is 0 Å². The van der Waals surface area contributed by atoms with Crippen molar-refractivity contribution in [1.82, 2.24) is 10.3 Å². The number of aryl methyl sites for hydroxylation is 1. The molecule has 2 rings (SSSR count). The standard InChI is InChI=1S/C10H11BrN2S2/c1-6-13-8(5-15-6)9(12-2)10-7(11)3-4-14-10/h3-5,9,12H,1-2H3. The number of aromatic nitrogens is 1. The van der Waals surface area contributed by atoms with Crippen molar-refractivity contribution >= 4 is 38.6 Å². The van der Waals surface area contributed by atoms with E-state index in [9.17, 15) is 0 Å². The number of thiophene rings is 1. The third-order valence-corrected chi connectivity index (χ3v) is 4.86. The van der Waals surface area contributed by atoms with E-state index in [1.54, 1.807) is 22.7 Å². The molecule has 0 spiro atoms. The molecule has 0 fully saturated rings. The van der Waals surface area contributed by atoms with Crippen LogP contribution in [-0.2, 0) is 0 Å². The summed E-state index contributed by atoms with van der Waals surface area (Å²) in [5, 5.41) is 8.61. The molecule has 2 aromatic heterocycles. The van der Waals surface area contributed by atoms with Gasteiger partial charge in [-0.2, -0.15) is 0 Å². The summed E-state index contributed by atoms with van der Waals surface area (Å²) in [5.41, 5.74) is 1.10. The van der Waals surface area contributed by atoms with E-state index in [1.807, 2.05) is 14.0 Å². The van der Waals surface area contributed by atoms with Crippen molar-refractivity contribution in [2.24, 2.45) is 0 Å². The van der Waals surface area contributed by atoms with Gasteiger partial charge in [-0.05, 0) is 41.3 Å². The fraction of sp³-hybridized carbons (Fsp3) is 0.300. The van der Waals surface area contributed by atoms with Gasteiger partial charge in [-0.1, -0.05) is 0 Å². The van der Waals surface area contributed by atoms with Crippen LogP contribution in [0.2, 0.25) is 0 Å². The minimum atomic E-state index is 0.198. The molecule has 80 valence electrons. The van der Waals surface area contributed by atoms with Crippen LogP contribution < -0.4 is 5.32 Å². The lowest BCUT2D eigenvalue weighted by Gasteiger charge is -2.12. The van der Waals surface area contributed by atoms with Gasteiger partial charge in [0.2, 0.25) is 0 Å². The minimum absolute atomic E-state index is 0.198. The Bertz CT molecular complexity index is 450. The van der Waals surface area contributed by atoms with Crippen molar-refractivity contribution in [2.75, 3.05) is 7.05 Å². The molecule has 0 saturated carbocycles. The van der Waals surface area contributed by atoms with E-state index in [0.29, 0.717) is 0 Å². The normalized spacial score (nSPS) is 13.0. The molecule has 0 bridgehead atoms. The average molecular weight is 303 g/mol. The first-order valence-corrected chi connectivity index (χ1v) is 7.09. The van der Waals surface area contributed by atoms with E-state index in [1.165, 1.54) is 4.88 Å². The number of nitrogens with one attached hydrogen (secondary N) is 1. The highest BCUT2D eigenvalue weighted by Crippen LogP contribution is 2.33. The van der Waals surface area contributed by atoms with E-state index in [4.69, 9.17) is 0 Å². The van der Waals surface area contributed by atoms with Gasteiger partial charge < -0.3 is 5.32 Å². The highest BCUT2D eigenvalue weighted by atomic mass is 79.9. The van der Waals surface area contributed by atoms with Gasteiger partial charge >= 0.3 is 0 Å². The number of thiazole rings is 1. The van der Waals surface area contributed by atoms with Gasteiger partial charge in [0.1, 0.15) is 0 Å². The van der Waals surface area contributed by atoms with Crippen molar-refractivity contribution in [2.45, 2.75) is 13.0 Å². The van der Waals surface area contributed by atoms with Crippen molar-refractivity contribution in [3.8, 4) is 0 Å². The van der Waals surface area contributed by atoms with Crippen LogP contribution in [0.25, 0.3) is 0 Å². The molecule has 2 nitrogen and oxygen atoms in total. The Labute approximate surface area is 106 Å². The van der Waals surface area contributed by atoms with Gasteiger partial charge in [0.25, 0.3) is 0 Å². The summed E-state index contributed by atoms with van der Waals surface area (Å²) in [7, 11) is 1.96. The first-order chi connectivity index (χ1) is 7.22. The molecule has 2 heterocycles. The SMILES string of the molecule is CNC(c1csc(C)n1)c1sccc1Br. The molecule has 5 heteroatoms. The highest BCUT2D eigenvalue weighted by Gasteiger charge is 2.18. The van der Waals surface area contributed by atoms with Gasteiger partial charge in [-0.3, -0.25) is 0 Å². The summed E-state index contributed by atoms with van der Waals surface area (Å²) in [6.45, 7) is 2.03. The second-order valence-corrected chi connectivity index (χ2v) is 6.01. The van der Waals surface area contributed by atoms with Crippen molar-refractivity contribution < 1.29 is 0 Å². The smallest absolute Gasteiger partial charge is 0.0898 e. The van der Waals surface area contributed by atoms with Crippen LogP contribution >= 0.6 is 38.6 Å². The largest absolute Gasteiger partial charge is 0.307 e. The van der Waals surface area contributed by atoms with Crippen molar-refractivity contribution in [3.63, 3.8) is 0 Å². The number of nitrogens with zero attached hydrogens (tertiary/aromatic N) is 1. The maximum atomic E-state index is 4.52. The Kier molecular flexibility index (Phi) is 3.56. The summed E-state index contributed by atoms with van der Waals surface area (Å²) in [4.78, 5) is 5.80. The lowest BCUT2D eigenvalue weighted by Crippen LogP contribution is -2.17. The number of halogens is 1. The summed E-state index contributed by atoms with van der Waals surface area (Å²) in [6.07, 6.45) is 0. The summed E-state index contributed by atoms with van der Waals surface area (Å²) < 4.78 is 1.15. The van der Waals surface area contributed by atoms with E-state index >= 15 is 0 Å². The summed E-state index contributed by atoms with van der Waals surface area (Å²) in [5.74, 6) is 0. The first kappa shape index (κ1) is 11.3. The lowest BCUT2D eigenvalue weighted by atomic mass is 10.2. The predicted octanol–water partition coefficient (Wildman–Crippen LogP) is 3.58. The van der Waals surface area contributed by atoms with Crippen LogP contribution in [0.5, 0.6) is 0 Å². The molecule has 0 aliphatic heterocycles. The second kappa shape index (κ2) is 4.74. The molecule has 0 aromatic carbocycles. The molecule has 1 unspecified atom stereocenters. The number of hydrogen-bond acceptors (Lipinski definition) is 4. The van der Waals surface area contributed by atoms with Gasteiger partial charge in [0.15, 0.2) is 0 Å². The Morgan fingerprint density at radius 1 is 1.47 bits per heavy atom. The Hall–Kier alpha value is -0.230. The fourth-order valence-corrected chi connectivity index (χ4v) is 3.80. The minimum Gasteiger partial charge on any atom is -0.307 e. The molecule has 0 aliphatic rings. The average Bonchev–Trinajstić information content (AvgIpc) is 2.79. The van der Waals surface area contributed by atoms with Crippen LogP contribution in [0.4, 0.5) is 0 Å².